The van der Waals surface area contributed by atoms with Gasteiger partial charge in [0, 0.05) is 38.4 Å². The van der Waals surface area contributed by atoms with E-state index in [1.54, 1.807) is 0 Å². The van der Waals surface area contributed by atoms with E-state index in [0.717, 1.165) is 25.2 Å². The van der Waals surface area contributed by atoms with E-state index in [-0.39, 0.29) is 17.3 Å². The van der Waals surface area contributed by atoms with Gasteiger partial charge in [0.25, 0.3) is 0 Å². The molecule has 0 bridgehead atoms. The van der Waals surface area contributed by atoms with E-state index in [9.17, 15) is 10.1 Å². The van der Waals surface area contributed by atoms with Crippen molar-refractivity contribution in [1.82, 2.24) is 14.9 Å². The molecule has 1 saturated heterocycles. The first-order chi connectivity index (χ1) is 15.0. The molecule has 4 rings (SSSR count). The van der Waals surface area contributed by atoms with Crippen LogP contribution in [0.5, 0.6) is 0 Å². The monoisotopic (exact) mass is 419 g/mol. The van der Waals surface area contributed by atoms with Crippen molar-refractivity contribution in [2.45, 2.75) is 13.5 Å². The van der Waals surface area contributed by atoms with E-state index in [1.807, 2.05) is 54.3 Å². The van der Waals surface area contributed by atoms with Crippen LogP contribution in [0.1, 0.15) is 11.1 Å². The second kappa shape index (κ2) is 8.97. The Morgan fingerprint density at radius 1 is 1.03 bits per heavy atom. The lowest BCUT2D eigenvalue weighted by Gasteiger charge is -2.34. The smallest absolute Gasteiger partial charge is 0.353 e. The molecule has 0 aliphatic carbocycles. The van der Waals surface area contributed by atoms with Gasteiger partial charge in [0.05, 0.1) is 4.92 Å². The molecule has 9 heteroatoms. The third-order valence-corrected chi connectivity index (χ3v) is 5.30. The molecule has 1 aromatic heterocycles. The standard InChI is InChI=1S/C22H25N7O2/c1-16-7-9-18(10-8-16)24-21-19(29(30)31)20(23)25-22(26-21)28-13-11-27(12-14-28)15-17-5-3-2-4-6-17/h2-10H,11-15H2,1H3,(H3,23,24,25,26). The Labute approximate surface area is 180 Å². The maximum atomic E-state index is 11.6. The van der Waals surface area contributed by atoms with Gasteiger partial charge in [-0.3, -0.25) is 15.0 Å². The van der Waals surface area contributed by atoms with E-state index in [0.29, 0.717) is 24.7 Å². The molecular formula is C22H25N7O2. The Morgan fingerprint density at radius 2 is 1.71 bits per heavy atom. The zero-order valence-electron chi connectivity index (χ0n) is 17.4. The predicted octanol–water partition coefficient (Wildman–Crippen LogP) is 3.34. The third kappa shape index (κ3) is 4.89. The number of benzene rings is 2. The topological polar surface area (TPSA) is 113 Å². The van der Waals surface area contributed by atoms with Crippen LogP contribution in [0.15, 0.2) is 54.6 Å². The van der Waals surface area contributed by atoms with Crippen molar-refractivity contribution in [3.8, 4) is 0 Å². The highest BCUT2D eigenvalue weighted by Crippen LogP contribution is 2.32. The van der Waals surface area contributed by atoms with Crippen molar-refractivity contribution in [2.24, 2.45) is 0 Å². The summed E-state index contributed by atoms with van der Waals surface area (Å²) in [5.41, 5.74) is 8.72. The minimum absolute atomic E-state index is 0.100. The molecule has 160 valence electrons. The molecule has 1 aliphatic heterocycles. The second-order valence-corrected chi connectivity index (χ2v) is 7.60. The summed E-state index contributed by atoms with van der Waals surface area (Å²) in [6.07, 6.45) is 0. The highest BCUT2D eigenvalue weighted by molar-refractivity contribution is 5.74. The molecule has 1 aliphatic rings. The molecule has 1 fully saturated rings. The van der Waals surface area contributed by atoms with Gasteiger partial charge in [-0.05, 0) is 24.6 Å². The van der Waals surface area contributed by atoms with Crippen LogP contribution in [-0.4, -0.2) is 46.0 Å². The van der Waals surface area contributed by atoms with Crippen LogP contribution in [0, 0.1) is 17.0 Å². The molecule has 31 heavy (non-hydrogen) atoms. The summed E-state index contributed by atoms with van der Waals surface area (Å²) >= 11 is 0. The summed E-state index contributed by atoms with van der Waals surface area (Å²) < 4.78 is 0. The van der Waals surface area contributed by atoms with E-state index in [1.165, 1.54) is 5.56 Å². The van der Waals surface area contributed by atoms with Gasteiger partial charge in [-0.25, -0.2) is 0 Å². The van der Waals surface area contributed by atoms with E-state index in [4.69, 9.17) is 5.73 Å². The fourth-order valence-corrected chi connectivity index (χ4v) is 3.59. The van der Waals surface area contributed by atoms with Crippen molar-refractivity contribution >= 4 is 29.0 Å². The van der Waals surface area contributed by atoms with Gasteiger partial charge in [0.15, 0.2) is 0 Å². The van der Waals surface area contributed by atoms with Gasteiger partial charge >= 0.3 is 5.69 Å². The molecule has 2 heterocycles. The van der Waals surface area contributed by atoms with E-state index >= 15 is 0 Å². The van der Waals surface area contributed by atoms with Gasteiger partial charge in [-0.15, -0.1) is 0 Å². The Balaban J connectivity index is 1.51. The predicted molar refractivity (Wildman–Crippen MR) is 121 cm³/mol. The van der Waals surface area contributed by atoms with Crippen LogP contribution >= 0.6 is 0 Å². The molecule has 0 spiro atoms. The Bertz CT molecular complexity index is 1050. The van der Waals surface area contributed by atoms with Crippen LogP contribution in [0.3, 0.4) is 0 Å². The second-order valence-electron chi connectivity index (χ2n) is 7.60. The summed E-state index contributed by atoms with van der Waals surface area (Å²) in [7, 11) is 0. The normalized spacial score (nSPS) is 14.4. The summed E-state index contributed by atoms with van der Waals surface area (Å²) in [6.45, 7) is 5.98. The number of anilines is 4. The Morgan fingerprint density at radius 3 is 2.35 bits per heavy atom. The average Bonchev–Trinajstić information content (AvgIpc) is 2.76. The maximum Gasteiger partial charge on any atom is 0.353 e. The lowest BCUT2D eigenvalue weighted by Crippen LogP contribution is -2.46. The van der Waals surface area contributed by atoms with Crippen molar-refractivity contribution in [3.63, 3.8) is 0 Å². The molecule has 9 nitrogen and oxygen atoms in total. The largest absolute Gasteiger partial charge is 0.378 e. The number of hydrogen-bond donors (Lipinski definition) is 2. The molecule has 0 amide bonds. The van der Waals surface area contributed by atoms with Crippen molar-refractivity contribution in [3.05, 3.63) is 75.8 Å². The molecule has 3 N–H and O–H groups in total. The zero-order chi connectivity index (χ0) is 21.8. The Hall–Kier alpha value is -3.72. The number of nitrogens with two attached hydrogens (primary N) is 1. The van der Waals surface area contributed by atoms with Gasteiger partial charge in [0.2, 0.25) is 17.6 Å². The summed E-state index contributed by atoms with van der Waals surface area (Å²) in [5.74, 6) is 0.358. The number of nitro groups is 1. The number of rotatable bonds is 6. The number of piperazine rings is 1. The first-order valence-corrected chi connectivity index (χ1v) is 10.2. The number of aromatic nitrogens is 2. The summed E-state index contributed by atoms with van der Waals surface area (Å²) in [4.78, 5) is 24.1. The minimum atomic E-state index is -0.548. The summed E-state index contributed by atoms with van der Waals surface area (Å²) in [6, 6.07) is 17.9. The number of aryl methyl sites for hydroxylation is 1. The first-order valence-electron chi connectivity index (χ1n) is 10.2. The lowest BCUT2D eigenvalue weighted by molar-refractivity contribution is -0.383. The van der Waals surface area contributed by atoms with Crippen LogP contribution in [-0.2, 0) is 6.54 Å². The fraction of sp³-hybridized carbons (Fsp3) is 0.273. The molecule has 0 unspecified atom stereocenters. The average molecular weight is 419 g/mol. The van der Waals surface area contributed by atoms with Crippen molar-refractivity contribution in [2.75, 3.05) is 42.1 Å². The lowest BCUT2D eigenvalue weighted by atomic mass is 10.2. The van der Waals surface area contributed by atoms with Crippen LogP contribution < -0.4 is 16.0 Å². The molecule has 0 radical (unpaired) electrons. The third-order valence-electron chi connectivity index (χ3n) is 5.30. The Kier molecular flexibility index (Phi) is 5.94. The molecule has 2 aromatic carbocycles. The minimum Gasteiger partial charge on any atom is -0.378 e. The van der Waals surface area contributed by atoms with Crippen molar-refractivity contribution < 1.29 is 4.92 Å². The highest BCUT2D eigenvalue weighted by atomic mass is 16.6. The molecular weight excluding hydrogens is 394 g/mol. The number of hydrogen-bond acceptors (Lipinski definition) is 8. The van der Waals surface area contributed by atoms with E-state index in [2.05, 4.69) is 32.3 Å². The van der Waals surface area contributed by atoms with Gasteiger partial charge in [0.1, 0.15) is 0 Å². The molecule has 0 saturated carbocycles. The first kappa shape index (κ1) is 20.5. The van der Waals surface area contributed by atoms with Gasteiger partial charge < -0.3 is 16.0 Å². The maximum absolute atomic E-state index is 11.6. The van der Waals surface area contributed by atoms with E-state index < -0.39 is 4.92 Å². The number of nitrogens with zero attached hydrogens (tertiary/aromatic N) is 5. The van der Waals surface area contributed by atoms with Crippen LogP contribution in [0.4, 0.5) is 29.0 Å². The summed E-state index contributed by atoms with van der Waals surface area (Å²) in [5, 5.41) is 14.6. The van der Waals surface area contributed by atoms with Crippen LogP contribution in [0.25, 0.3) is 0 Å². The fourth-order valence-electron chi connectivity index (χ4n) is 3.59. The molecule has 3 aromatic rings. The highest BCUT2D eigenvalue weighted by Gasteiger charge is 2.27. The van der Waals surface area contributed by atoms with Crippen molar-refractivity contribution in [1.29, 1.82) is 0 Å². The molecule has 0 atom stereocenters. The van der Waals surface area contributed by atoms with Gasteiger partial charge in [-0.1, -0.05) is 48.0 Å². The van der Waals surface area contributed by atoms with Gasteiger partial charge in [-0.2, -0.15) is 9.97 Å². The number of nitrogen functional groups attached to an aromatic ring is 1. The quantitative estimate of drug-likeness (QED) is 0.462. The number of nitrogens with one attached hydrogen (secondary N) is 1. The SMILES string of the molecule is Cc1ccc(Nc2nc(N3CCN(Cc4ccccc4)CC3)nc(N)c2[N+](=O)[O-])cc1. The zero-order valence-corrected chi connectivity index (χ0v) is 17.4. The van der Waals surface area contributed by atoms with Crippen LogP contribution in [0.2, 0.25) is 0 Å².